The number of amides is 1. The second kappa shape index (κ2) is 6.84. The third-order valence-corrected chi connectivity index (χ3v) is 4.19. The molecule has 5 nitrogen and oxygen atoms in total. The Labute approximate surface area is 148 Å². The van der Waals surface area contributed by atoms with Crippen LogP contribution < -0.4 is 5.32 Å². The molecule has 0 bridgehead atoms. The average Bonchev–Trinajstić information content (AvgIpc) is 3.28. The summed E-state index contributed by atoms with van der Waals surface area (Å²) in [5, 5.41) is 7.74. The fourth-order valence-corrected chi connectivity index (χ4v) is 2.89. The summed E-state index contributed by atoms with van der Waals surface area (Å²) in [6.45, 7) is 0.221. The number of nitrogens with zero attached hydrogens (tertiary/aromatic N) is 1. The lowest BCUT2D eigenvalue weighted by Crippen LogP contribution is -2.24. The number of fused-ring (bicyclic) bond motifs is 1. The highest BCUT2D eigenvalue weighted by atomic mass is 19.1. The van der Waals surface area contributed by atoms with Crippen molar-refractivity contribution in [3.05, 3.63) is 77.9 Å². The van der Waals surface area contributed by atoms with Gasteiger partial charge in [0.2, 0.25) is 5.91 Å². The van der Waals surface area contributed by atoms with Gasteiger partial charge in [-0.1, -0.05) is 35.5 Å². The van der Waals surface area contributed by atoms with Gasteiger partial charge in [-0.05, 0) is 23.8 Å². The van der Waals surface area contributed by atoms with Crippen molar-refractivity contribution in [3.63, 3.8) is 0 Å². The Balaban J connectivity index is 1.40. The minimum absolute atomic E-state index is 0.120. The lowest BCUT2D eigenvalue weighted by atomic mass is 10.1. The van der Waals surface area contributed by atoms with Crippen LogP contribution in [0.3, 0.4) is 0 Å². The molecule has 0 aliphatic heterocycles. The van der Waals surface area contributed by atoms with Gasteiger partial charge in [0.15, 0.2) is 5.76 Å². The van der Waals surface area contributed by atoms with Crippen molar-refractivity contribution in [2.24, 2.45) is 0 Å². The summed E-state index contributed by atoms with van der Waals surface area (Å²) in [5.41, 5.74) is 2.82. The molecule has 2 aromatic heterocycles. The molecular formula is C20H16FN3O2. The predicted octanol–water partition coefficient (Wildman–Crippen LogP) is 3.82. The molecule has 2 N–H and O–H groups in total. The van der Waals surface area contributed by atoms with Crippen LogP contribution in [0.15, 0.2) is 65.3 Å². The summed E-state index contributed by atoms with van der Waals surface area (Å²) in [6, 6.07) is 15.8. The van der Waals surface area contributed by atoms with Gasteiger partial charge in [0.05, 0.1) is 18.5 Å². The highest BCUT2D eigenvalue weighted by Crippen LogP contribution is 2.23. The fraction of sp³-hybridized carbons (Fsp3) is 0.100. The molecule has 0 saturated heterocycles. The lowest BCUT2D eigenvalue weighted by Gasteiger charge is -2.02. The molecule has 0 atom stereocenters. The highest BCUT2D eigenvalue weighted by molar-refractivity contribution is 5.88. The van der Waals surface area contributed by atoms with E-state index < -0.39 is 0 Å². The minimum atomic E-state index is -0.376. The third-order valence-electron chi connectivity index (χ3n) is 4.19. The van der Waals surface area contributed by atoms with Gasteiger partial charge in [-0.25, -0.2) is 4.39 Å². The zero-order valence-corrected chi connectivity index (χ0v) is 13.8. The Morgan fingerprint density at radius 1 is 1.15 bits per heavy atom. The van der Waals surface area contributed by atoms with E-state index in [2.05, 4.69) is 15.5 Å². The van der Waals surface area contributed by atoms with Crippen LogP contribution in [-0.2, 0) is 17.8 Å². The van der Waals surface area contributed by atoms with Crippen LogP contribution in [0.4, 0.5) is 4.39 Å². The quantitative estimate of drug-likeness (QED) is 0.575. The Kier molecular flexibility index (Phi) is 4.23. The summed E-state index contributed by atoms with van der Waals surface area (Å²) in [4.78, 5) is 15.4. The maximum Gasteiger partial charge on any atom is 0.224 e. The summed E-state index contributed by atoms with van der Waals surface area (Å²) in [6.07, 6.45) is 2.11. The smallest absolute Gasteiger partial charge is 0.224 e. The monoisotopic (exact) mass is 349 g/mol. The molecule has 26 heavy (non-hydrogen) atoms. The van der Waals surface area contributed by atoms with Crippen LogP contribution in [0.1, 0.15) is 11.3 Å². The molecule has 0 unspecified atom stereocenters. The second-order valence-electron chi connectivity index (χ2n) is 5.98. The number of hydrogen-bond acceptors (Lipinski definition) is 3. The molecule has 0 aliphatic carbocycles. The number of aromatic nitrogens is 2. The van der Waals surface area contributed by atoms with E-state index in [-0.39, 0.29) is 24.7 Å². The molecule has 0 saturated carbocycles. The number of rotatable bonds is 5. The average molecular weight is 349 g/mol. The zero-order chi connectivity index (χ0) is 17.9. The topological polar surface area (TPSA) is 70.9 Å². The van der Waals surface area contributed by atoms with Crippen molar-refractivity contribution in [1.29, 1.82) is 0 Å². The normalized spacial score (nSPS) is 11.0. The van der Waals surface area contributed by atoms with Gasteiger partial charge < -0.3 is 14.8 Å². The summed E-state index contributed by atoms with van der Waals surface area (Å²) in [7, 11) is 0. The maximum atomic E-state index is 13.8. The van der Waals surface area contributed by atoms with Crippen molar-refractivity contribution in [2.45, 2.75) is 13.0 Å². The summed E-state index contributed by atoms with van der Waals surface area (Å²) in [5.74, 6) is -0.159. The van der Waals surface area contributed by atoms with Gasteiger partial charge in [0, 0.05) is 23.2 Å². The number of benzene rings is 2. The number of H-pyrrole nitrogens is 1. The maximum absolute atomic E-state index is 13.8. The Bertz CT molecular complexity index is 1070. The fourth-order valence-electron chi connectivity index (χ4n) is 2.89. The Hall–Kier alpha value is -3.41. The first kappa shape index (κ1) is 16.1. The van der Waals surface area contributed by atoms with E-state index in [1.54, 1.807) is 24.3 Å². The van der Waals surface area contributed by atoms with Crippen molar-refractivity contribution in [2.75, 3.05) is 0 Å². The number of carbonyl (C=O) groups is 1. The predicted molar refractivity (Wildman–Crippen MR) is 95.7 cm³/mol. The van der Waals surface area contributed by atoms with Crippen LogP contribution >= 0.6 is 0 Å². The minimum Gasteiger partial charge on any atom is -0.361 e. The Morgan fingerprint density at radius 3 is 2.85 bits per heavy atom. The first-order chi connectivity index (χ1) is 12.7. The molecule has 130 valence electrons. The van der Waals surface area contributed by atoms with Gasteiger partial charge in [-0.15, -0.1) is 0 Å². The van der Waals surface area contributed by atoms with Crippen LogP contribution in [0.25, 0.3) is 22.2 Å². The van der Waals surface area contributed by atoms with Crippen molar-refractivity contribution in [3.8, 4) is 11.3 Å². The molecule has 4 aromatic rings. The number of aromatic amines is 1. The van der Waals surface area contributed by atoms with Crippen LogP contribution in [-0.4, -0.2) is 16.0 Å². The van der Waals surface area contributed by atoms with E-state index in [1.165, 1.54) is 6.07 Å². The Morgan fingerprint density at radius 2 is 1.96 bits per heavy atom. The number of nitrogens with one attached hydrogen (secondary N) is 2. The molecule has 6 heteroatoms. The van der Waals surface area contributed by atoms with Gasteiger partial charge in [0.1, 0.15) is 11.5 Å². The van der Waals surface area contributed by atoms with E-state index in [4.69, 9.17) is 4.52 Å². The molecule has 0 radical (unpaired) electrons. The number of halogens is 1. The van der Waals surface area contributed by atoms with Gasteiger partial charge >= 0.3 is 0 Å². The highest BCUT2D eigenvalue weighted by Gasteiger charge is 2.12. The van der Waals surface area contributed by atoms with Gasteiger partial charge in [0.25, 0.3) is 0 Å². The number of hydrogen-bond donors (Lipinski definition) is 2. The molecule has 2 heterocycles. The summed E-state index contributed by atoms with van der Waals surface area (Å²) < 4.78 is 19.0. The SMILES string of the molecule is O=C(Cc1c[nH]c2ccccc12)NCc1cc(-c2ccccc2F)on1. The number of carbonyl (C=O) groups excluding carboxylic acids is 1. The van der Waals surface area contributed by atoms with E-state index in [0.29, 0.717) is 17.0 Å². The molecule has 0 fully saturated rings. The van der Waals surface area contributed by atoms with Crippen molar-refractivity contribution in [1.82, 2.24) is 15.5 Å². The zero-order valence-electron chi connectivity index (χ0n) is 13.8. The molecule has 0 spiro atoms. The second-order valence-corrected chi connectivity index (χ2v) is 5.98. The van der Waals surface area contributed by atoms with E-state index >= 15 is 0 Å². The summed E-state index contributed by atoms with van der Waals surface area (Å²) >= 11 is 0. The largest absolute Gasteiger partial charge is 0.361 e. The van der Waals surface area contributed by atoms with Gasteiger partial charge in [-0.3, -0.25) is 4.79 Å². The van der Waals surface area contributed by atoms with E-state index in [0.717, 1.165) is 16.5 Å². The first-order valence-electron chi connectivity index (χ1n) is 8.23. The molecule has 4 rings (SSSR count). The molecular weight excluding hydrogens is 333 g/mol. The lowest BCUT2D eigenvalue weighted by molar-refractivity contribution is -0.120. The van der Waals surface area contributed by atoms with Gasteiger partial charge in [-0.2, -0.15) is 0 Å². The molecule has 0 aliphatic rings. The van der Waals surface area contributed by atoms with E-state index in [1.807, 2.05) is 30.5 Å². The number of para-hydroxylation sites is 1. The van der Waals surface area contributed by atoms with Crippen LogP contribution in [0.2, 0.25) is 0 Å². The first-order valence-corrected chi connectivity index (χ1v) is 8.23. The van der Waals surface area contributed by atoms with Crippen LogP contribution in [0, 0.1) is 5.82 Å². The third kappa shape index (κ3) is 3.21. The molecule has 1 amide bonds. The van der Waals surface area contributed by atoms with Crippen LogP contribution in [0.5, 0.6) is 0 Å². The molecule has 2 aromatic carbocycles. The van der Waals surface area contributed by atoms with E-state index in [9.17, 15) is 9.18 Å². The van der Waals surface area contributed by atoms with Crippen molar-refractivity contribution >= 4 is 16.8 Å². The van der Waals surface area contributed by atoms with Crippen molar-refractivity contribution < 1.29 is 13.7 Å². The standard InChI is InChI=1S/C20H16FN3O2/c21-17-7-3-1-6-16(17)19-10-14(24-26-19)12-23-20(25)9-13-11-22-18-8-4-2-5-15(13)18/h1-8,10-11,22H,9,12H2,(H,23,25).